The third kappa shape index (κ3) is 32.2. The Kier molecular flexibility index (Phi) is 36.7. The summed E-state index contributed by atoms with van der Waals surface area (Å²) >= 11 is 0. The Labute approximate surface area is 399 Å². The Bertz CT molecular complexity index is 1050. The van der Waals surface area contributed by atoms with E-state index in [0.717, 1.165) is 25.7 Å². The van der Waals surface area contributed by atoms with Gasteiger partial charge in [-0.05, 0) is 56.0 Å². The van der Waals surface area contributed by atoms with Gasteiger partial charge < -0.3 is 19.3 Å². The maximum Gasteiger partial charge on any atom is 0.220 e. The van der Waals surface area contributed by atoms with Crippen molar-refractivity contribution >= 4 is 22.5 Å². The van der Waals surface area contributed by atoms with Crippen molar-refractivity contribution in [1.29, 1.82) is 0 Å². The summed E-state index contributed by atoms with van der Waals surface area (Å²) in [6.07, 6.45) is 47.1. The third-order valence-electron chi connectivity index (χ3n) is 15.1. The number of nitrogens with one attached hydrogen (secondary N) is 1. The third-order valence-corrected chi connectivity index (χ3v) is 24.1. The van der Waals surface area contributed by atoms with Crippen LogP contribution in [0.5, 0.6) is 0 Å². The highest BCUT2D eigenvalue weighted by Gasteiger charge is 2.52. The molecule has 3 atom stereocenters. The average Bonchev–Trinajstić information content (AvgIpc) is 3.19. The minimum atomic E-state index is -2.40. The van der Waals surface area contributed by atoms with Crippen LogP contribution in [0.4, 0.5) is 0 Å². The van der Waals surface area contributed by atoms with Gasteiger partial charge in [0.25, 0.3) is 0 Å². The summed E-state index contributed by atoms with van der Waals surface area (Å²) in [6.45, 7) is 29.1. The minimum Gasteiger partial charge on any atom is -0.406 e. The molecule has 378 valence electrons. The maximum absolute atomic E-state index is 13.5. The number of amides is 1. The zero-order chi connectivity index (χ0) is 47.5. The van der Waals surface area contributed by atoms with E-state index in [-0.39, 0.29) is 22.0 Å². The lowest BCUT2D eigenvalue weighted by atomic mass is 9.96. The van der Waals surface area contributed by atoms with Crippen molar-refractivity contribution in [3.63, 3.8) is 0 Å². The Balaban J connectivity index is 4.82. The molecule has 0 spiro atoms. The smallest absolute Gasteiger partial charge is 0.220 e. The minimum absolute atomic E-state index is 0.0470. The van der Waals surface area contributed by atoms with Gasteiger partial charge in [0.05, 0.1) is 6.04 Å². The molecular weight excluding hydrogens is 807 g/mol. The molecule has 0 aromatic heterocycles. The SMILES string of the molecule is CCCCCCCCCCCCCCCCCCCCCCCCCC(=O)NC(C)C(O[Si](C)(C)C(C)(C)C)[C@@](O)(CCCCCCCCCCCCCC)O[Si](C)(C)C(C)(C)C. The normalized spacial score (nSPS) is 14.8. The van der Waals surface area contributed by atoms with Crippen molar-refractivity contribution < 1.29 is 18.8 Å². The topological polar surface area (TPSA) is 67.8 Å². The zero-order valence-electron chi connectivity index (χ0n) is 45.5. The van der Waals surface area contributed by atoms with Crippen molar-refractivity contribution in [2.45, 2.75) is 354 Å². The lowest BCUT2D eigenvalue weighted by molar-refractivity contribution is -0.219. The molecule has 0 bridgehead atoms. The number of carbonyl (C=O) groups is 1. The first-order valence-electron chi connectivity index (χ1n) is 28.1. The Morgan fingerprint density at radius 1 is 0.460 bits per heavy atom. The molecular formula is C56H117NO4Si2. The molecule has 0 radical (unpaired) electrons. The van der Waals surface area contributed by atoms with Crippen LogP contribution in [0.1, 0.15) is 300 Å². The molecule has 1 amide bonds. The van der Waals surface area contributed by atoms with Crippen LogP contribution in [-0.2, 0) is 13.6 Å². The highest BCUT2D eigenvalue weighted by Crippen LogP contribution is 2.44. The fourth-order valence-electron chi connectivity index (χ4n) is 8.62. The van der Waals surface area contributed by atoms with Crippen molar-refractivity contribution in [3.8, 4) is 0 Å². The van der Waals surface area contributed by atoms with Crippen LogP contribution >= 0.6 is 0 Å². The second-order valence-electron chi connectivity index (χ2n) is 23.5. The lowest BCUT2D eigenvalue weighted by Gasteiger charge is -2.50. The lowest BCUT2D eigenvalue weighted by Crippen LogP contribution is -2.64. The summed E-state index contributed by atoms with van der Waals surface area (Å²) in [4.78, 5) is 13.5. The molecule has 0 saturated heterocycles. The van der Waals surface area contributed by atoms with E-state index in [9.17, 15) is 9.90 Å². The Hall–Kier alpha value is -0.216. The predicted octanol–water partition coefficient (Wildman–Crippen LogP) is 19.1. The molecule has 0 fully saturated rings. The van der Waals surface area contributed by atoms with Crippen molar-refractivity contribution in [1.82, 2.24) is 5.32 Å². The first-order chi connectivity index (χ1) is 29.7. The van der Waals surface area contributed by atoms with E-state index < -0.39 is 28.5 Å². The molecule has 63 heavy (non-hydrogen) atoms. The average molecular weight is 925 g/mol. The van der Waals surface area contributed by atoms with Crippen LogP contribution in [0.2, 0.25) is 36.3 Å². The molecule has 7 heteroatoms. The van der Waals surface area contributed by atoms with E-state index in [4.69, 9.17) is 8.85 Å². The standard InChI is InChI=1S/C56H117NO4Si2/c1-14-16-18-20-22-24-26-28-29-30-31-32-33-34-35-36-37-38-39-41-43-45-47-49-52(58)57-51(3)53(60-62(10,11)54(4,5)6)56(59,61-63(12,13)55(7,8)9)50-48-46-44-42-40-27-25-23-21-19-17-15-2/h51,53,59H,14-50H2,1-13H3,(H,57,58)/t51?,53?,56-/m1/s1. The van der Waals surface area contributed by atoms with Crippen LogP contribution in [-0.4, -0.2) is 45.6 Å². The summed E-state index contributed by atoms with van der Waals surface area (Å²) in [6, 6.07) is -0.372. The highest BCUT2D eigenvalue weighted by atomic mass is 28.4. The Morgan fingerprint density at radius 3 is 1.02 bits per heavy atom. The summed E-state index contributed by atoms with van der Waals surface area (Å²) in [5.74, 6) is -1.41. The fraction of sp³-hybridized carbons (Fsp3) is 0.982. The van der Waals surface area contributed by atoms with E-state index in [1.165, 1.54) is 199 Å². The zero-order valence-corrected chi connectivity index (χ0v) is 47.5. The van der Waals surface area contributed by atoms with Crippen molar-refractivity contribution in [3.05, 3.63) is 0 Å². The first kappa shape index (κ1) is 62.8. The largest absolute Gasteiger partial charge is 0.406 e. The Morgan fingerprint density at radius 2 is 0.730 bits per heavy atom. The molecule has 0 saturated carbocycles. The number of hydrogen-bond acceptors (Lipinski definition) is 4. The molecule has 2 unspecified atom stereocenters. The molecule has 0 aliphatic heterocycles. The summed E-state index contributed by atoms with van der Waals surface area (Å²) in [7, 11) is -4.75. The molecule has 0 rings (SSSR count). The number of rotatable bonds is 44. The number of aliphatic hydroxyl groups is 1. The van der Waals surface area contributed by atoms with Gasteiger partial charge in [-0.2, -0.15) is 0 Å². The van der Waals surface area contributed by atoms with E-state index in [0.29, 0.717) is 12.8 Å². The van der Waals surface area contributed by atoms with Crippen LogP contribution in [0.15, 0.2) is 0 Å². The molecule has 0 aliphatic carbocycles. The van der Waals surface area contributed by atoms with Crippen LogP contribution in [0, 0.1) is 0 Å². The summed E-state index contributed by atoms with van der Waals surface area (Å²) in [5.41, 5.74) is 0. The van der Waals surface area contributed by atoms with Gasteiger partial charge in [-0.1, -0.05) is 267 Å². The highest BCUT2D eigenvalue weighted by molar-refractivity contribution is 6.74. The second kappa shape index (κ2) is 36.8. The molecule has 0 aliphatic rings. The predicted molar refractivity (Wildman–Crippen MR) is 285 cm³/mol. The van der Waals surface area contributed by atoms with Gasteiger partial charge in [0.15, 0.2) is 22.4 Å². The van der Waals surface area contributed by atoms with Gasteiger partial charge in [-0.15, -0.1) is 0 Å². The van der Waals surface area contributed by atoms with E-state index in [2.05, 4.69) is 86.9 Å². The van der Waals surface area contributed by atoms with Gasteiger partial charge in [-0.3, -0.25) is 4.79 Å². The van der Waals surface area contributed by atoms with Crippen molar-refractivity contribution in [2.24, 2.45) is 0 Å². The summed E-state index contributed by atoms with van der Waals surface area (Å²) < 4.78 is 14.2. The molecule has 2 N–H and O–H groups in total. The first-order valence-corrected chi connectivity index (χ1v) is 34.0. The van der Waals surface area contributed by atoms with E-state index in [1.54, 1.807) is 0 Å². The fourth-order valence-corrected chi connectivity index (χ4v) is 11.4. The molecule has 0 heterocycles. The quantitative estimate of drug-likeness (QED) is 0.0363. The molecule has 0 aromatic carbocycles. The van der Waals surface area contributed by atoms with E-state index >= 15 is 0 Å². The summed E-state index contributed by atoms with van der Waals surface area (Å²) in [5, 5.41) is 16.1. The van der Waals surface area contributed by atoms with Crippen LogP contribution in [0.25, 0.3) is 0 Å². The number of unbranched alkanes of at least 4 members (excludes halogenated alkanes) is 33. The van der Waals surface area contributed by atoms with Crippen LogP contribution in [0.3, 0.4) is 0 Å². The maximum atomic E-state index is 13.5. The monoisotopic (exact) mass is 924 g/mol. The van der Waals surface area contributed by atoms with E-state index in [1.807, 2.05) is 6.92 Å². The van der Waals surface area contributed by atoms with Crippen LogP contribution < -0.4 is 5.32 Å². The van der Waals surface area contributed by atoms with Gasteiger partial charge in [0, 0.05) is 12.8 Å². The molecule has 0 aromatic rings. The van der Waals surface area contributed by atoms with Crippen molar-refractivity contribution in [2.75, 3.05) is 0 Å². The number of hydrogen-bond donors (Lipinski definition) is 2. The molecule has 5 nitrogen and oxygen atoms in total. The van der Waals surface area contributed by atoms with Gasteiger partial charge in [0.2, 0.25) is 5.91 Å². The second-order valence-corrected chi connectivity index (χ2v) is 33.0. The van der Waals surface area contributed by atoms with Gasteiger partial charge in [-0.25, -0.2) is 0 Å². The van der Waals surface area contributed by atoms with Gasteiger partial charge >= 0.3 is 0 Å². The van der Waals surface area contributed by atoms with Gasteiger partial charge in [0.1, 0.15) is 6.10 Å². The number of carbonyl (C=O) groups excluding carboxylic acids is 1.